The summed E-state index contributed by atoms with van der Waals surface area (Å²) in [5.74, 6) is -0.408. The maximum Gasteiger partial charge on any atom is 0.249 e. The largest absolute Gasteiger partial charge is 0.495 e. The van der Waals surface area contributed by atoms with Gasteiger partial charge in [-0.25, -0.2) is 5.43 Å². The molecule has 142 valence electrons. The lowest BCUT2D eigenvalue weighted by atomic mass is 9.87. The third-order valence-corrected chi connectivity index (χ3v) is 3.88. The number of nitrogens with zero attached hydrogens (tertiary/aromatic N) is 1. The molecule has 0 aliphatic carbocycles. The Morgan fingerprint density at radius 1 is 1.04 bits per heavy atom. The predicted octanol–water partition coefficient (Wildman–Crippen LogP) is 3.47. The number of hydrogen-bond donors (Lipinski definition) is 2. The van der Waals surface area contributed by atoms with Crippen LogP contribution in [0.3, 0.4) is 0 Å². The topological polar surface area (TPSA) is 79.8 Å². The number of hydrazone groups is 1. The number of benzene rings is 2. The van der Waals surface area contributed by atoms with E-state index in [0.29, 0.717) is 11.4 Å². The third kappa shape index (κ3) is 6.26. The van der Waals surface area contributed by atoms with Crippen molar-refractivity contribution in [3.05, 3.63) is 59.7 Å². The summed E-state index contributed by atoms with van der Waals surface area (Å²) in [4.78, 5) is 23.8. The van der Waals surface area contributed by atoms with Gasteiger partial charge in [0.2, 0.25) is 11.8 Å². The van der Waals surface area contributed by atoms with Crippen molar-refractivity contribution in [2.45, 2.75) is 32.6 Å². The molecule has 2 amide bonds. The summed E-state index contributed by atoms with van der Waals surface area (Å²) in [5.41, 5.74) is 5.04. The van der Waals surface area contributed by atoms with Crippen molar-refractivity contribution >= 4 is 23.7 Å². The number of para-hydroxylation sites is 2. The maximum atomic E-state index is 12.0. The number of ether oxygens (including phenoxy) is 1. The van der Waals surface area contributed by atoms with Crippen LogP contribution in [0.5, 0.6) is 5.75 Å². The summed E-state index contributed by atoms with van der Waals surface area (Å²) in [6.45, 7) is 6.44. The van der Waals surface area contributed by atoms with Crippen LogP contribution in [0.25, 0.3) is 0 Å². The van der Waals surface area contributed by atoms with Crippen molar-refractivity contribution < 1.29 is 14.3 Å². The van der Waals surface area contributed by atoms with Gasteiger partial charge in [-0.1, -0.05) is 57.2 Å². The van der Waals surface area contributed by atoms with Crippen LogP contribution in [0.1, 0.15) is 38.3 Å². The number of carbonyl (C=O) groups excluding carboxylic acids is 2. The Morgan fingerprint density at radius 3 is 2.33 bits per heavy atom. The van der Waals surface area contributed by atoms with E-state index in [0.717, 1.165) is 5.56 Å². The molecule has 0 saturated heterocycles. The van der Waals surface area contributed by atoms with Crippen LogP contribution in [0.15, 0.2) is 53.6 Å². The van der Waals surface area contributed by atoms with Gasteiger partial charge < -0.3 is 10.1 Å². The van der Waals surface area contributed by atoms with E-state index >= 15 is 0 Å². The molecular weight excluding hydrogens is 342 g/mol. The van der Waals surface area contributed by atoms with Gasteiger partial charge in [-0.3, -0.25) is 9.59 Å². The van der Waals surface area contributed by atoms with E-state index in [9.17, 15) is 9.59 Å². The summed E-state index contributed by atoms with van der Waals surface area (Å²) in [6, 6.07) is 14.9. The minimum absolute atomic E-state index is 0.0820. The number of hydrogen-bond acceptors (Lipinski definition) is 4. The molecule has 2 rings (SSSR count). The van der Waals surface area contributed by atoms with E-state index in [1.807, 2.05) is 24.3 Å². The van der Waals surface area contributed by atoms with Crippen LogP contribution in [-0.4, -0.2) is 25.1 Å². The van der Waals surface area contributed by atoms with E-state index in [4.69, 9.17) is 4.74 Å². The number of rotatable bonds is 6. The molecule has 2 aromatic carbocycles. The molecule has 0 heterocycles. The molecule has 0 aliphatic heterocycles. The Balaban J connectivity index is 1.85. The number of carbonyl (C=O) groups is 2. The molecule has 0 atom stereocenters. The average Bonchev–Trinajstić information content (AvgIpc) is 2.61. The molecule has 2 aromatic rings. The average molecular weight is 367 g/mol. The Hall–Kier alpha value is -3.15. The smallest absolute Gasteiger partial charge is 0.249 e. The second kappa shape index (κ2) is 8.98. The minimum Gasteiger partial charge on any atom is -0.495 e. The molecule has 0 spiro atoms. The molecule has 0 radical (unpaired) electrons. The fourth-order valence-electron chi connectivity index (χ4n) is 2.38. The lowest BCUT2D eigenvalue weighted by Gasteiger charge is -2.18. The van der Waals surface area contributed by atoms with Gasteiger partial charge in [-0.15, -0.1) is 0 Å². The molecule has 27 heavy (non-hydrogen) atoms. The lowest BCUT2D eigenvalue weighted by molar-refractivity contribution is -0.126. The van der Waals surface area contributed by atoms with Gasteiger partial charge >= 0.3 is 0 Å². The van der Waals surface area contributed by atoms with E-state index in [1.165, 1.54) is 12.7 Å². The zero-order valence-corrected chi connectivity index (χ0v) is 16.1. The lowest BCUT2D eigenvalue weighted by Crippen LogP contribution is -2.24. The quantitative estimate of drug-likeness (QED) is 0.466. The first-order valence-corrected chi connectivity index (χ1v) is 8.65. The summed E-state index contributed by atoms with van der Waals surface area (Å²) >= 11 is 0. The van der Waals surface area contributed by atoms with Crippen LogP contribution in [-0.2, 0) is 15.0 Å². The Morgan fingerprint density at radius 2 is 1.70 bits per heavy atom. The van der Waals surface area contributed by atoms with Crippen molar-refractivity contribution in [2.24, 2.45) is 5.10 Å². The molecule has 0 bridgehead atoms. The van der Waals surface area contributed by atoms with E-state index in [-0.39, 0.29) is 11.8 Å². The van der Waals surface area contributed by atoms with E-state index < -0.39 is 11.8 Å². The highest BCUT2D eigenvalue weighted by molar-refractivity contribution is 6.04. The second-order valence-corrected chi connectivity index (χ2v) is 7.09. The zero-order valence-electron chi connectivity index (χ0n) is 16.1. The monoisotopic (exact) mass is 367 g/mol. The van der Waals surface area contributed by atoms with Crippen molar-refractivity contribution in [1.82, 2.24) is 5.43 Å². The molecule has 0 saturated carbocycles. The highest BCUT2D eigenvalue weighted by Gasteiger charge is 2.13. The molecule has 2 N–H and O–H groups in total. The van der Waals surface area contributed by atoms with Crippen molar-refractivity contribution in [3.8, 4) is 5.75 Å². The predicted molar refractivity (Wildman–Crippen MR) is 107 cm³/mol. The Bertz CT molecular complexity index is 821. The Kier molecular flexibility index (Phi) is 6.71. The highest BCUT2D eigenvalue weighted by atomic mass is 16.5. The summed E-state index contributed by atoms with van der Waals surface area (Å²) in [7, 11) is 1.51. The van der Waals surface area contributed by atoms with Crippen molar-refractivity contribution in [2.75, 3.05) is 12.4 Å². The fraction of sp³-hybridized carbons (Fsp3) is 0.286. The van der Waals surface area contributed by atoms with Gasteiger partial charge in [0, 0.05) is 0 Å². The first kappa shape index (κ1) is 20.2. The van der Waals surface area contributed by atoms with Crippen LogP contribution >= 0.6 is 0 Å². The number of anilines is 1. The van der Waals surface area contributed by atoms with Gasteiger partial charge in [0.25, 0.3) is 0 Å². The zero-order chi connectivity index (χ0) is 19.9. The van der Waals surface area contributed by atoms with Crippen LogP contribution in [0.4, 0.5) is 5.69 Å². The van der Waals surface area contributed by atoms with Crippen LogP contribution in [0.2, 0.25) is 0 Å². The molecule has 6 heteroatoms. The first-order valence-electron chi connectivity index (χ1n) is 8.65. The number of methoxy groups -OCH3 is 1. The van der Waals surface area contributed by atoms with Crippen molar-refractivity contribution in [1.29, 1.82) is 0 Å². The van der Waals surface area contributed by atoms with Gasteiger partial charge in [-0.2, -0.15) is 5.10 Å². The molecule has 0 aliphatic rings. The molecular formula is C21H25N3O3. The minimum atomic E-state index is -0.495. The molecule has 0 aromatic heterocycles. The van der Waals surface area contributed by atoms with Crippen molar-refractivity contribution in [3.63, 3.8) is 0 Å². The standard InChI is InChI=1S/C21H25N3O3/c1-21(2,3)16-11-9-15(10-12-16)14-22-24-20(26)13-19(25)23-17-7-5-6-8-18(17)27-4/h5-12,14H,13H2,1-4H3,(H,23,25)(H,24,26). The summed E-state index contributed by atoms with van der Waals surface area (Å²) in [5, 5.41) is 6.54. The van der Waals surface area contributed by atoms with Gasteiger partial charge in [-0.05, 0) is 28.7 Å². The number of amides is 2. The van der Waals surface area contributed by atoms with E-state index in [1.54, 1.807) is 30.5 Å². The second-order valence-electron chi connectivity index (χ2n) is 7.09. The molecule has 0 fully saturated rings. The SMILES string of the molecule is COc1ccccc1NC(=O)CC(=O)NN=Cc1ccc(C(C)(C)C)cc1. The molecule has 0 unspecified atom stereocenters. The van der Waals surface area contributed by atoms with E-state index in [2.05, 4.69) is 36.6 Å². The summed E-state index contributed by atoms with van der Waals surface area (Å²) < 4.78 is 5.16. The molecule has 6 nitrogen and oxygen atoms in total. The van der Waals surface area contributed by atoms with Gasteiger partial charge in [0.05, 0.1) is 19.0 Å². The fourth-order valence-corrected chi connectivity index (χ4v) is 2.38. The van der Waals surface area contributed by atoms with Gasteiger partial charge in [0.1, 0.15) is 12.2 Å². The third-order valence-electron chi connectivity index (χ3n) is 3.88. The van der Waals surface area contributed by atoms with Gasteiger partial charge in [0.15, 0.2) is 0 Å². The maximum absolute atomic E-state index is 12.0. The number of nitrogens with one attached hydrogen (secondary N) is 2. The van der Waals surface area contributed by atoms with Crippen LogP contribution < -0.4 is 15.5 Å². The first-order chi connectivity index (χ1) is 12.8. The normalized spacial score (nSPS) is 11.3. The van der Waals surface area contributed by atoms with Crippen LogP contribution in [0, 0.1) is 0 Å². The highest BCUT2D eigenvalue weighted by Crippen LogP contribution is 2.23. The Labute approximate surface area is 159 Å². The summed E-state index contributed by atoms with van der Waals surface area (Å²) in [6.07, 6.45) is 1.21.